The highest BCUT2D eigenvalue weighted by molar-refractivity contribution is 7.92. The maximum Gasteiger partial charge on any atom is 0.315 e. The number of benzene rings is 1. The number of amides is 2. The van der Waals surface area contributed by atoms with E-state index in [-0.39, 0.29) is 23.9 Å². The van der Waals surface area contributed by atoms with Gasteiger partial charge < -0.3 is 15.1 Å². The second kappa shape index (κ2) is 6.12. The van der Waals surface area contributed by atoms with Crippen LogP contribution in [0.4, 0.5) is 4.79 Å². The summed E-state index contributed by atoms with van der Waals surface area (Å²) in [4.78, 5) is 12.2. The number of carbonyl (C=O) groups is 1. The molecule has 0 bridgehead atoms. The molecule has 2 aromatic rings. The molecule has 3 unspecified atom stereocenters. The molecule has 3 atom stereocenters. The molecular formula is C17H22N2O4S. The van der Waals surface area contributed by atoms with Gasteiger partial charge in [-0.25, -0.2) is 13.2 Å². The molecule has 6 nitrogen and oxygen atoms in total. The van der Waals surface area contributed by atoms with E-state index >= 15 is 0 Å². The Bertz CT molecular complexity index is 872. The van der Waals surface area contributed by atoms with E-state index in [4.69, 9.17) is 4.42 Å². The minimum absolute atomic E-state index is 0.122. The van der Waals surface area contributed by atoms with Crippen molar-refractivity contribution in [3.63, 3.8) is 0 Å². The number of aryl methyl sites for hydroxylation is 1. The SMILES string of the molecule is Cc1c(C(C)NC(=O)NC2CCS(=O)(=O)C2C)oc2ccccc12. The molecule has 24 heavy (non-hydrogen) atoms. The van der Waals surface area contributed by atoms with Crippen molar-refractivity contribution in [2.45, 2.75) is 44.5 Å². The highest BCUT2D eigenvalue weighted by Gasteiger charge is 2.37. The van der Waals surface area contributed by atoms with Crippen molar-refractivity contribution in [1.82, 2.24) is 10.6 Å². The number of fused-ring (bicyclic) bond motifs is 1. The van der Waals surface area contributed by atoms with Gasteiger partial charge in [-0.15, -0.1) is 0 Å². The smallest absolute Gasteiger partial charge is 0.315 e. The van der Waals surface area contributed by atoms with E-state index in [0.717, 1.165) is 16.5 Å². The molecule has 2 heterocycles. The molecule has 0 radical (unpaired) electrons. The Morgan fingerprint density at radius 2 is 2.04 bits per heavy atom. The summed E-state index contributed by atoms with van der Waals surface area (Å²) in [7, 11) is -3.09. The first-order valence-corrected chi connectivity index (χ1v) is 9.78. The van der Waals surface area contributed by atoms with E-state index < -0.39 is 15.1 Å². The van der Waals surface area contributed by atoms with Crippen LogP contribution in [0.1, 0.15) is 37.6 Å². The summed E-state index contributed by atoms with van der Waals surface area (Å²) in [5, 5.41) is 6.08. The van der Waals surface area contributed by atoms with Gasteiger partial charge in [0.25, 0.3) is 0 Å². The fraction of sp³-hybridized carbons (Fsp3) is 0.471. The maximum absolute atomic E-state index is 12.2. The molecule has 0 spiro atoms. The summed E-state index contributed by atoms with van der Waals surface area (Å²) in [5.41, 5.74) is 1.78. The van der Waals surface area contributed by atoms with Gasteiger partial charge in [0, 0.05) is 17.0 Å². The lowest BCUT2D eigenvalue weighted by molar-refractivity contribution is 0.232. The molecule has 1 aliphatic rings. The van der Waals surface area contributed by atoms with Crippen LogP contribution in [0.5, 0.6) is 0 Å². The fourth-order valence-electron chi connectivity index (χ4n) is 3.23. The standard InChI is InChI=1S/C17H22N2O4S/c1-10-13-6-4-5-7-15(13)23-16(10)11(2)18-17(20)19-14-8-9-24(21,22)12(14)3/h4-7,11-12,14H,8-9H2,1-3H3,(H2,18,19,20). The average molecular weight is 350 g/mol. The van der Waals surface area contributed by atoms with E-state index in [1.807, 2.05) is 38.1 Å². The van der Waals surface area contributed by atoms with Crippen LogP contribution in [-0.2, 0) is 9.84 Å². The Morgan fingerprint density at radius 1 is 1.33 bits per heavy atom. The summed E-state index contributed by atoms with van der Waals surface area (Å²) in [6, 6.07) is 6.68. The number of nitrogens with one attached hydrogen (secondary N) is 2. The molecule has 1 aliphatic heterocycles. The number of hydrogen-bond donors (Lipinski definition) is 2. The monoisotopic (exact) mass is 350 g/mol. The molecule has 130 valence electrons. The summed E-state index contributed by atoms with van der Waals surface area (Å²) < 4.78 is 29.4. The van der Waals surface area contributed by atoms with Gasteiger partial charge in [0.1, 0.15) is 11.3 Å². The van der Waals surface area contributed by atoms with Crippen LogP contribution in [-0.4, -0.2) is 31.5 Å². The van der Waals surface area contributed by atoms with Gasteiger partial charge in [0.15, 0.2) is 9.84 Å². The second-order valence-corrected chi connectivity index (χ2v) is 8.87. The third kappa shape index (κ3) is 3.00. The van der Waals surface area contributed by atoms with Gasteiger partial charge in [-0.05, 0) is 33.3 Å². The Labute approximate surface area is 141 Å². The highest BCUT2D eigenvalue weighted by Crippen LogP contribution is 2.29. The first kappa shape index (κ1) is 16.8. The lowest BCUT2D eigenvalue weighted by atomic mass is 10.1. The summed E-state index contributed by atoms with van der Waals surface area (Å²) in [6.45, 7) is 5.45. The number of sulfone groups is 1. The average Bonchev–Trinajstić information content (AvgIpc) is 3.00. The van der Waals surface area contributed by atoms with Gasteiger partial charge in [-0.2, -0.15) is 0 Å². The fourth-order valence-corrected chi connectivity index (χ4v) is 4.89. The summed E-state index contributed by atoms with van der Waals surface area (Å²) in [6.07, 6.45) is 0.453. The van der Waals surface area contributed by atoms with Crippen LogP contribution in [0.15, 0.2) is 28.7 Å². The van der Waals surface area contributed by atoms with Gasteiger partial charge in [-0.3, -0.25) is 0 Å². The van der Waals surface area contributed by atoms with E-state index in [1.165, 1.54) is 0 Å². The predicted molar refractivity (Wildman–Crippen MR) is 92.7 cm³/mol. The van der Waals surface area contributed by atoms with E-state index in [1.54, 1.807) is 6.92 Å². The minimum Gasteiger partial charge on any atom is -0.459 e. The third-order valence-corrected chi connectivity index (χ3v) is 7.05. The molecule has 2 amide bonds. The molecule has 1 aromatic carbocycles. The van der Waals surface area contributed by atoms with E-state index in [2.05, 4.69) is 10.6 Å². The maximum atomic E-state index is 12.2. The van der Waals surface area contributed by atoms with Crippen molar-refractivity contribution in [2.24, 2.45) is 0 Å². The van der Waals surface area contributed by atoms with Crippen LogP contribution in [0, 0.1) is 6.92 Å². The molecular weight excluding hydrogens is 328 g/mol. The number of rotatable bonds is 3. The van der Waals surface area contributed by atoms with Crippen LogP contribution in [0.3, 0.4) is 0 Å². The van der Waals surface area contributed by atoms with Gasteiger partial charge in [0.2, 0.25) is 0 Å². The number of hydrogen-bond acceptors (Lipinski definition) is 4. The van der Waals surface area contributed by atoms with Crippen LogP contribution >= 0.6 is 0 Å². The zero-order valence-electron chi connectivity index (χ0n) is 14.0. The molecule has 1 saturated heterocycles. The zero-order valence-corrected chi connectivity index (χ0v) is 14.8. The van der Waals surface area contributed by atoms with Crippen molar-refractivity contribution in [3.05, 3.63) is 35.6 Å². The van der Waals surface area contributed by atoms with Crippen molar-refractivity contribution >= 4 is 26.8 Å². The number of para-hydroxylation sites is 1. The number of furan rings is 1. The Morgan fingerprint density at radius 3 is 2.67 bits per heavy atom. The van der Waals surface area contributed by atoms with Crippen LogP contribution in [0.2, 0.25) is 0 Å². The number of urea groups is 1. The first-order chi connectivity index (χ1) is 11.3. The van der Waals surface area contributed by atoms with Crippen molar-refractivity contribution in [1.29, 1.82) is 0 Å². The summed E-state index contributed by atoms with van der Waals surface area (Å²) in [5.74, 6) is 0.829. The van der Waals surface area contributed by atoms with Crippen LogP contribution in [0.25, 0.3) is 11.0 Å². The van der Waals surface area contributed by atoms with Crippen molar-refractivity contribution in [2.75, 3.05) is 5.75 Å². The Hall–Kier alpha value is -2.02. The lowest BCUT2D eigenvalue weighted by Gasteiger charge is -2.19. The zero-order chi connectivity index (χ0) is 17.5. The van der Waals surface area contributed by atoms with Gasteiger partial charge in [-0.1, -0.05) is 18.2 Å². The lowest BCUT2D eigenvalue weighted by Crippen LogP contribution is -2.46. The molecule has 3 rings (SSSR count). The first-order valence-electron chi connectivity index (χ1n) is 8.06. The third-order valence-electron chi connectivity index (χ3n) is 4.78. The van der Waals surface area contributed by atoms with Crippen LogP contribution < -0.4 is 10.6 Å². The molecule has 0 saturated carbocycles. The van der Waals surface area contributed by atoms with E-state index in [9.17, 15) is 13.2 Å². The van der Waals surface area contributed by atoms with Gasteiger partial charge >= 0.3 is 6.03 Å². The predicted octanol–water partition coefficient (Wildman–Crippen LogP) is 2.68. The molecule has 2 N–H and O–H groups in total. The van der Waals surface area contributed by atoms with Crippen molar-refractivity contribution in [3.8, 4) is 0 Å². The van der Waals surface area contributed by atoms with Crippen molar-refractivity contribution < 1.29 is 17.6 Å². The highest BCUT2D eigenvalue weighted by atomic mass is 32.2. The second-order valence-electron chi connectivity index (χ2n) is 6.39. The Balaban J connectivity index is 1.69. The number of carbonyl (C=O) groups excluding carboxylic acids is 1. The molecule has 1 aromatic heterocycles. The molecule has 1 fully saturated rings. The quantitative estimate of drug-likeness (QED) is 0.891. The Kier molecular flexibility index (Phi) is 4.29. The minimum atomic E-state index is -3.09. The molecule has 7 heteroatoms. The topological polar surface area (TPSA) is 88.4 Å². The van der Waals surface area contributed by atoms with E-state index in [0.29, 0.717) is 12.2 Å². The molecule has 0 aliphatic carbocycles. The normalized spacial score (nSPS) is 24.0. The summed E-state index contributed by atoms with van der Waals surface area (Å²) >= 11 is 0. The largest absolute Gasteiger partial charge is 0.459 e. The van der Waals surface area contributed by atoms with Gasteiger partial charge in [0.05, 0.1) is 17.0 Å².